The molecule has 2 fully saturated rings. The Morgan fingerprint density at radius 2 is 1.92 bits per heavy atom. The number of hydrogen-bond acceptors (Lipinski definition) is 5. The summed E-state index contributed by atoms with van der Waals surface area (Å²) in [5.74, 6) is 1.43. The number of nitrogens with zero attached hydrogens (tertiary/aromatic N) is 5. The summed E-state index contributed by atoms with van der Waals surface area (Å²) in [7, 11) is 0. The molecule has 1 saturated heterocycles. The SMILES string of the molecule is Fc1cccnc1CN1CCN(c2cc(C3CCC3)ncn2)CC1. The van der Waals surface area contributed by atoms with E-state index in [9.17, 15) is 4.39 Å². The molecule has 0 unspecified atom stereocenters. The van der Waals surface area contributed by atoms with Crippen molar-refractivity contribution in [1.29, 1.82) is 0 Å². The van der Waals surface area contributed by atoms with Gasteiger partial charge in [-0.05, 0) is 25.0 Å². The predicted octanol–water partition coefficient (Wildman–Crippen LogP) is 2.60. The topological polar surface area (TPSA) is 45.2 Å². The summed E-state index contributed by atoms with van der Waals surface area (Å²) in [6.07, 6.45) is 7.16. The molecule has 2 aromatic heterocycles. The van der Waals surface area contributed by atoms with Crippen LogP contribution in [0.5, 0.6) is 0 Å². The van der Waals surface area contributed by atoms with Gasteiger partial charge in [-0.15, -0.1) is 0 Å². The Morgan fingerprint density at radius 1 is 1.08 bits per heavy atom. The third kappa shape index (κ3) is 3.24. The first-order valence-electron chi connectivity index (χ1n) is 8.68. The van der Waals surface area contributed by atoms with E-state index in [1.54, 1.807) is 18.6 Å². The molecule has 0 bridgehead atoms. The first kappa shape index (κ1) is 15.4. The van der Waals surface area contributed by atoms with E-state index in [2.05, 4.69) is 30.8 Å². The Labute approximate surface area is 141 Å². The summed E-state index contributed by atoms with van der Waals surface area (Å²) in [5.41, 5.74) is 1.71. The van der Waals surface area contributed by atoms with E-state index in [1.165, 1.54) is 31.0 Å². The van der Waals surface area contributed by atoms with Crippen molar-refractivity contribution in [2.45, 2.75) is 31.7 Å². The summed E-state index contributed by atoms with van der Waals surface area (Å²) in [5, 5.41) is 0. The van der Waals surface area contributed by atoms with Crippen LogP contribution in [0.4, 0.5) is 10.2 Å². The third-order valence-corrected chi connectivity index (χ3v) is 5.10. The largest absolute Gasteiger partial charge is 0.354 e. The molecule has 126 valence electrons. The minimum atomic E-state index is -0.221. The van der Waals surface area contributed by atoms with Crippen LogP contribution in [0.25, 0.3) is 0 Å². The van der Waals surface area contributed by atoms with Crippen molar-refractivity contribution in [3.05, 3.63) is 47.9 Å². The minimum absolute atomic E-state index is 0.221. The van der Waals surface area contributed by atoms with Crippen LogP contribution in [0.2, 0.25) is 0 Å². The fourth-order valence-electron chi connectivity index (χ4n) is 3.34. The van der Waals surface area contributed by atoms with Crippen molar-refractivity contribution in [1.82, 2.24) is 19.9 Å². The van der Waals surface area contributed by atoms with Crippen LogP contribution in [0.3, 0.4) is 0 Å². The number of piperazine rings is 1. The first-order chi connectivity index (χ1) is 11.8. The molecule has 0 radical (unpaired) electrons. The van der Waals surface area contributed by atoms with Gasteiger partial charge < -0.3 is 4.90 Å². The molecular formula is C18H22FN5. The average Bonchev–Trinajstić information content (AvgIpc) is 2.56. The molecule has 1 saturated carbocycles. The molecule has 2 aliphatic rings. The monoisotopic (exact) mass is 327 g/mol. The summed E-state index contributed by atoms with van der Waals surface area (Å²) in [4.78, 5) is 17.6. The average molecular weight is 327 g/mol. The Kier molecular flexibility index (Phi) is 4.38. The van der Waals surface area contributed by atoms with Crippen LogP contribution in [-0.2, 0) is 6.54 Å². The molecule has 3 heterocycles. The summed E-state index contributed by atoms with van der Waals surface area (Å²) >= 11 is 0. The highest BCUT2D eigenvalue weighted by molar-refractivity contribution is 5.40. The Morgan fingerprint density at radius 3 is 2.62 bits per heavy atom. The molecule has 0 N–H and O–H groups in total. The number of pyridine rings is 1. The van der Waals surface area contributed by atoms with Crippen LogP contribution in [-0.4, -0.2) is 46.0 Å². The molecule has 0 aromatic carbocycles. The van der Waals surface area contributed by atoms with Gasteiger partial charge in [0, 0.05) is 56.6 Å². The second-order valence-corrected chi connectivity index (χ2v) is 6.62. The van der Waals surface area contributed by atoms with Gasteiger partial charge in [-0.2, -0.15) is 0 Å². The normalized spacial score (nSPS) is 19.3. The molecule has 24 heavy (non-hydrogen) atoms. The molecule has 0 atom stereocenters. The maximum Gasteiger partial charge on any atom is 0.146 e. The van der Waals surface area contributed by atoms with E-state index >= 15 is 0 Å². The second kappa shape index (κ2) is 6.81. The maximum atomic E-state index is 13.7. The number of aromatic nitrogens is 3. The van der Waals surface area contributed by atoms with Crippen LogP contribution in [0.1, 0.15) is 36.6 Å². The molecule has 1 aliphatic carbocycles. The fraction of sp³-hybridized carbons (Fsp3) is 0.500. The first-order valence-corrected chi connectivity index (χ1v) is 8.68. The van der Waals surface area contributed by atoms with Gasteiger partial charge in [-0.1, -0.05) is 6.42 Å². The van der Waals surface area contributed by atoms with Crippen LogP contribution in [0.15, 0.2) is 30.7 Å². The van der Waals surface area contributed by atoms with Crippen LogP contribution in [0, 0.1) is 5.82 Å². The van der Waals surface area contributed by atoms with Crippen molar-refractivity contribution in [3.8, 4) is 0 Å². The van der Waals surface area contributed by atoms with Crippen LogP contribution >= 0.6 is 0 Å². The lowest BCUT2D eigenvalue weighted by molar-refractivity contribution is 0.243. The zero-order valence-corrected chi connectivity index (χ0v) is 13.7. The molecule has 1 aliphatic heterocycles. The lowest BCUT2D eigenvalue weighted by Gasteiger charge is -2.35. The van der Waals surface area contributed by atoms with E-state index in [-0.39, 0.29) is 5.82 Å². The quantitative estimate of drug-likeness (QED) is 0.864. The van der Waals surface area contributed by atoms with Gasteiger partial charge in [0.25, 0.3) is 0 Å². The smallest absolute Gasteiger partial charge is 0.146 e. The van der Waals surface area contributed by atoms with E-state index in [4.69, 9.17) is 0 Å². The van der Waals surface area contributed by atoms with Gasteiger partial charge in [0.05, 0.1) is 5.69 Å². The van der Waals surface area contributed by atoms with E-state index < -0.39 is 0 Å². The molecular weight excluding hydrogens is 305 g/mol. The van der Waals surface area contributed by atoms with Crippen molar-refractivity contribution in [3.63, 3.8) is 0 Å². The lowest BCUT2D eigenvalue weighted by atomic mass is 9.83. The van der Waals surface area contributed by atoms with E-state index in [0.29, 0.717) is 18.2 Å². The molecule has 4 rings (SSSR count). The van der Waals surface area contributed by atoms with Gasteiger partial charge in [-0.25, -0.2) is 14.4 Å². The van der Waals surface area contributed by atoms with Gasteiger partial charge >= 0.3 is 0 Å². The maximum absolute atomic E-state index is 13.7. The number of rotatable bonds is 4. The van der Waals surface area contributed by atoms with Gasteiger partial charge in [0.2, 0.25) is 0 Å². The highest BCUT2D eigenvalue weighted by Gasteiger charge is 2.23. The van der Waals surface area contributed by atoms with Crippen molar-refractivity contribution >= 4 is 5.82 Å². The molecule has 2 aromatic rings. The summed E-state index contributed by atoms with van der Waals surface area (Å²) in [6.45, 7) is 4.14. The standard InChI is InChI=1S/C18H22FN5/c19-15-5-2-6-20-17(15)12-23-7-9-24(10-8-23)18-11-16(21-13-22-18)14-3-1-4-14/h2,5-6,11,13-14H,1,3-4,7-10,12H2. The Balaban J connectivity index is 1.37. The van der Waals surface area contributed by atoms with E-state index in [1.807, 2.05) is 0 Å². The van der Waals surface area contributed by atoms with Crippen molar-refractivity contribution < 1.29 is 4.39 Å². The van der Waals surface area contributed by atoms with Crippen molar-refractivity contribution in [2.24, 2.45) is 0 Å². The Bertz CT molecular complexity index is 695. The van der Waals surface area contributed by atoms with E-state index in [0.717, 1.165) is 32.0 Å². The number of halogens is 1. The highest BCUT2D eigenvalue weighted by atomic mass is 19.1. The van der Waals surface area contributed by atoms with Crippen molar-refractivity contribution in [2.75, 3.05) is 31.1 Å². The summed E-state index contributed by atoms with van der Waals surface area (Å²) in [6, 6.07) is 5.25. The summed E-state index contributed by atoms with van der Waals surface area (Å²) < 4.78 is 13.7. The minimum Gasteiger partial charge on any atom is -0.354 e. The zero-order valence-electron chi connectivity index (χ0n) is 13.7. The van der Waals surface area contributed by atoms with Gasteiger partial charge in [0.1, 0.15) is 18.0 Å². The molecule has 5 nitrogen and oxygen atoms in total. The third-order valence-electron chi connectivity index (χ3n) is 5.10. The predicted molar refractivity (Wildman–Crippen MR) is 90.3 cm³/mol. The zero-order chi connectivity index (χ0) is 16.4. The molecule has 0 spiro atoms. The lowest BCUT2D eigenvalue weighted by Crippen LogP contribution is -2.46. The van der Waals surface area contributed by atoms with Crippen LogP contribution < -0.4 is 4.90 Å². The van der Waals surface area contributed by atoms with Gasteiger partial charge in [-0.3, -0.25) is 9.88 Å². The number of anilines is 1. The fourth-order valence-corrected chi connectivity index (χ4v) is 3.34. The highest BCUT2D eigenvalue weighted by Crippen LogP contribution is 2.35. The second-order valence-electron chi connectivity index (χ2n) is 6.62. The van der Waals surface area contributed by atoms with Gasteiger partial charge in [0.15, 0.2) is 0 Å². The number of hydrogen-bond donors (Lipinski definition) is 0. The molecule has 6 heteroatoms. The molecule has 0 amide bonds. The Hall–Kier alpha value is -2.08.